The Morgan fingerprint density at radius 2 is 2.00 bits per heavy atom. The van der Waals surface area contributed by atoms with Gasteiger partial charge in [-0.3, -0.25) is 4.79 Å². The van der Waals surface area contributed by atoms with E-state index in [9.17, 15) is 4.79 Å². The van der Waals surface area contributed by atoms with Crippen molar-refractivity contribution in [3.63, 3.8) is 0 Å². The summed E-state index contributed by atoms with van der Waals surface area (Å²) in [5.41, 5.74) is 1.18. The molecule has 1 fully saturated rings. The van der Waals surface area contributed by atoms with Gasteiger partial charge in [0.25, 0.3) is 0 Å². The van der Waals surface area contributed by atoms with Crippen molar-refractivity contribution in [2.24, 2.45) is 0 Å². The Morgan fingerprint density at radius 3 is 2.63 bits per heavy atom. The fourth-order valence-electron chi connectivity index (χ4n) is 2.93. The van der Waals surface area contributed by atoms with Crippen molar-refractivity contribution < 1.29 is 9.53 Å². The zero-order chi connectivity index (χ0) is 13.8. The quantitative estimate of drug-likeness (QED) is 0.777. The molecule has 1 saturated heterocycles. The predicted molar refractivity (Wildman–Crippen MR) is 76.3 cm³/mol. The Labute approximate surface area is 115 Å². The van der Waals surface area contributed by atoms with E-state index in [2.05, 4.69) is 35.9 Å². The van der Waals surface area contributed by atoms with Crippen molar-refractivity contribution in [2.75, 3.05) is 32.1 Å². The molecule has 19 heavy (non-hydrogen) atoms. The summed E-state index contributed by atoms with van der Waals surface area (Å²) in [4.78, 5) is 16.2. The predicted octanol–water partition coefficient (Wildman–Crippen LogP) is 1.76. The molecule has 1 heterocycles. The molecule has 1 aromatic rings. The molecule has 2 atom stereocenters. The number of esters is 1. The third-order valence-electron chi connectivity index (χ3n) is 3.65. The number of nitrogens with zero attached hydrogens (tertiary/aromatic N) is 2. The molecule has 104 valence electrons. The van der Waals surface area contributed by atoms with Crippen LogP contribution in [0.3, 0.4) is 0 Å². The fraction of sp³-hybridized carbons (Fsp3) is 0.533. The SMILES string of the molecule is COC(=O)CC1CN(C)CC(C)N1c1ccccc1. The highest BCUT2D eigenvalue weighted by molar-refractivity contribution is 5.71. The van der Waals surface area contributed by atoms with Gasteiger partial charge in [0, 0.05) is 24.8 Å². The van der Waals surface area contributed by atoms with Crippen molar-refractivity contribution in [3.8, 4) is 0 Å². The minimum Gasteiger partial charge on any atom is -0.469 e. The van der Waals surface area contributed by atoms with E-state index >= 15 is 0 Å². The number of ether oxygens (including phenoxy) is 1. The maximum atomic E-state index is 11.6. The van der Waals surface area contributed by atoms with E-state index < -0.39 is 0 Å². The topological polar surface area (TPSA) is 32.8 Å². The Morgan fingerprint density at radius 1 is 1.32 bits per heavy atom. The van der Waals surface area contributed by atoms with Crippen LogP contribution in [0.1, 0.15) is 13.3 Å². The first kappa shape index (κ1) is 13.9. The van der Waals surface area contributed by atoms with Crippen molar-refractivity contribution in [3.05, 3.63) is 30.3 Å². The minimum atomic E-state index is -0.145. The number of rotatable bonds is 3. The molecular formula is C15H22N2O2. The molecule has 2 unspecified atom stereocenters. The number of hydrogen-bond donors (Lipinski definition) is 0. The summed E-state index contributed by atoms with van der Waals surface area (Å²) < 4.78 is 4.82. The van der Waals surface area contributed by atoms with Gasteiger partial charge in [-0.1, -0.05) is 18.2 Å². The van der Waals surface area contributed by atoms with E-state index in [1.807, 2.05) is 18.2 Å². The molecule has 0 aliphatic carbocycles. The fourth-order valence-corrected chi connectivity index (χ4v) is 2.93. The molecule has 0 amide bonds. The van der Waals surface area contributed by atoms with Gasteiger partial charge in [-0.2, -0.15) is 0 Å². The number of hydrogen-bond acceptors (Lipinski definition) is 4. The second kappa shape index (κ2) is 6.06. The van der Waals surface area contributed by atoms with Crippen LogP contribution in [0.5, 0.6) is 0 Å². The Balaban J connectivity index is 2.22. The van der Waals surface area contributed by atoms with Crippen LogP contribution in [0.4, 0.5) is 5.69 Å². The average Bonchev–Trinajstić information content (AvgIpc) is 2.39. The minimum absolute atomic E-state index is 0.145. The number of carbonyl (C=O) groups excluding carboxylic acids is 1. The van der Waals surface area contributed by atoms with E-state index in [0.717, 1.165) is 13.1 Å². The van der Waals surface area contributed by atoms with Crippen LogP contribution < -0.4 is 4.90 Å². The van der Waals surface area contributed by atoms with Gasteiger partial charge < -0.3 is 14.5 Å². The standard InChI is InChI=1S/C15H22N2O2/c1-12-10-16(2)11-14(9-15(18)19-3)17(12)13-7-5-4-6-8-13/h4-8,12,14H,9-11H2,1-3H3. The maximum absolute atomic E-state index is 11.6. The maximum Gasteiger partial charge on any atom is 0.307 e. The molecule has 0 bridgehead atoms. The largest absolute Gasteiger partial charge is 0.469 e. The summed E-state index contributed by atoms with van der Waals surface area (Å²) in [7, 11) is 3.55. The summed E-state index contributed by atoms with van der Waals surface area (Å²) >= 11 is 0. The van der Waals surface area contributed by atoms with Crippen LogP contribution in [-0.2, 0) is 9.53 Å². The molecular weight excluding hydrogens is 240 g/mol. The van der Waals surface area contributed by atoms with Gasteiger partial charge in [0.15, 0.2) is 0 Å². The summed E-state index contributed by atoms with van der Waals surface area (Å²) in [6.07, 6.45) is 0.431. The van der Waals surface area contributed by atoms with Crippen LogP contribution in [0.25, 0.3) is 0 Å². The summed E-state index contributed by atoms with van der Waals surface area (Å²) in [6, 6.07) is 10.8. The van der Waals surface area contributed by atoms with Crippen LogP contribution >= 0.6 is 0 Å². The Hall–Kier alpha value is -1.55. The molecule has 1 aliphatic rings. The summed E-state index contributed by atoms with van der Waals surface area (Å²) in [5.74, 6) is -0.145. The smallest absolute Gasteiger partial charge is 0.307 e. The van der Waals surface area contributed by atoms with Gasteiger partial charge in [0.2, 0.25) is 0 Å². The van der Waals surface area contributed by atoms with Crippen LogP contribution in [-0.4, -0.2) is 50.2 Å². The van der Waals surface area contributed by atoms with Gasteiger partial charge >= 0.3 is 5.97 Å². The second-order valence-electron chi connectivity index (χ2n) is 5.25. The lowest BCUT2D eigenvalue weighted by molar-refractivity contribution is -0.141. The van der Waals surface area contributed by atoms with Crippen molar-refractivity contribution in [1.82, 2.24) is 4.90 Å². The molecule has 2 rings (SSSR count). The molecule has 4 heteroatoms. The molecule has 0 radical (unpaired) electrons. The molecule has 0 aromatic heterocycles. The number of benzene rings is 1. The number of carbonyl (C=O) groups is 1. The van der Waals surface area contributed by atoms with Crippen molar-refractivity contribution in [1.29, 1.82) is 0 Å². The number of methoxy groups -OCH3 is 1. The van der Waals surface area contributed by atoms with Crippen LogP contribution in [0.2, 0.25) is 0 Å². The van der Waals surface area contributed by atoms with E-state index in [0.29, 0.717) is 12.5 Å². The first-order chi connectivity index (χ1) is 9.11. The number of likely N-dealkylation sites (N-methyl/N-ethyl adjacent to an activating group) is 1. The molecule has 0 saturated carbocycles. The molecule has 4 nitrogen and oxygen atoms in total. The summed E-state index contributed by atoms with van der Waals surface area (Å²) in [5, 5.41) is 0. The van der Waals surface area contributed by atoms with Gasteiger partial charge in [0.05, 0.1) is 19.6 Å². The van der Waals surface area contributed by atoms with E-state index in [4.69, 9.17) is 4.74 Å². The lowest BCUT2D eigenvalue weighted by Crippen LogP contribution is -2.57. The number of anilines is 1. The molecule has 0 N–H and O–H groups in total. The lowest BCUT2D eigenvalue weighted by Gasteiger charge is -2.45. The lowest BCUT2D eigenvalue weighted by atomic mass is 10.0. The zero-order valence-corrected chi connectivity index (χ0v) is 11.9. The summed E-state index contributed by atoms with van der Waals surface area (Å²) in [6.45, 7) is 4.09. The average molecular weight is 262 g/mol. The molecule has 0 spiro atoms. The van der Waals surface area contributed by atoms with Gasteiger partial charge in [-0.25, -0.2) is 0 Å². The van der Waals surface area contributed by atoms with Gasteiger partial charge in [-0.15, -0.1) is 0 Å². The van der Waals surface area contributed by atoms with Gasteiger partial charge in [-0.05, 0) is 26.1 Å². The normalized spacial score (nSPS) is 24.3. The van der Waals surface area contributed by atoms with E-state index in [1.165, 1.54) is 12.8 Å². The number of para-hydroxylation sites is 1. The van der Waals surface area contributed by atoms with E-state index in [-0.39, 0.29) is 12.0 Å². The van der Waals surface area contributed by atoms with E-state index in [1.54, 1.807) is 0 Å². The van der Waals surface area contributed by atoms with Crippen molar-refractivity contribution >= 4 is 11.7 Å². The highest BCUT2D eigenvalue weighted by Gasteiger charge is 2.32. The van der Waals surface area contributed by atoms with Gasteiger partial charge in [0.1, 0.15) is 0 Å². The monoisotopic (exact) mass is 262 g/mol. The third kappa shape index (κ3) is 3.26. The first-order valence-electron chi connectivity index (χ1n) is 6.70. The second-order valence-corrected chi connectivity index (χ2v) is 5.25. The highest BCUT2D eigenvalue weighted by atomic mass is 16.5. The molecule has 1 aliphatic heterocycles. The highest BCUT2D eigenvalue weighted by Crippen LogP contribution is 2.25. The van der Waals surface area contributed by atoms with Crippen molar-refractivity contribution in [2.45, 2.75) is 25.4 Å². The zero-order valence-electron chi connectivity index (χ0n) is 11.9. The Kier molecular flexibility index (Phi) is 4.43. The van der Waals surface area contributed by atoms with Crippen LogP contribution in [0, 0.1) is 0 Å². The number of piperazine rings is 1. The molecule has 1 aromatic carbocycles. The first-order valence-corrected chi connectivity index (χ1v) is 6.70. The van der Waals surface area contributed by atoms with Crippen LogP contribution in [0.15, 0.2) is 30.3 Å². The third-order valence-corrected chi connectivity index (χ3v) is 3.65. The Bertz CT molecular complexity index is 421.